The molecule has 0 aromatic heterocycles. The van der Waals surface area contributed by atoms with E-state index in [1.165, 1.54) is 18.4 Å². The van der Waals surface area contributed by atoms with Crippen molar-refractivity contribution in [3.05, 3.63) is 28.3 Å². The fraction of sp³-hybridized carbons (Fsp3) is 0.455. The third-order valence-corrected chi connectivity index (χ3v) is 3.40. The van der Waals surface area contributed by atoms with Crippen LogP contribution in [-0.4, -0.2) is 6.54 Å². The Morgan fingerprint density at radius 2 is 2.29 bits per heavy atom. The Morgan fingerprint density at radius 3 is 2.93 bits per heavy atom. The molecule has 1 heterocycles. The van der Waals surface area contributed by atoms with E-state index < -0.39 is 0 Å². The fourth-order valence-electron chi connectivity index (χ4n) is 1.94. The van der Waals surface area contributed by atoms with E-state index >= 15 is 0 Å². The highest BCUT2D eigenvalue weighted by Gasteiger charge is 2.19. The Morgan fingerprint density at radius 1 is 1.50 bits per heavy atom. The van der Waals surface area contributed by atoms with Gasteiger partial charge in [0.25, 0.3) is 0 Å². The number of nitrogens with two attached hydrogens (primary N) is 1. The highest BCUT2D eigenvalue weighted by Crippen LogP contribution is 2.33. The predicted molar refractivity (Wildman–Crippen MR) is 60.6 cm³/mol. The molecule has 1 aromatic rings. The number of anilines is 1. The lowest BCUT2D eigenvalue weighted by Crippen LogP contribution is -2.13. The van der Waals surface area contributed by atoms with Gasteiger partial charge in [-0.2, -0.15) is 0 Å². The van der Waals surface area contributed by atoms with Crippen molar-refractivity contribution < 1.29 is 0 Å². The van der Waals surface area contributed by atoms with E-state index in [0.717, 1.165) is 22.8 Å². The number of rotatable bonds is 1. The van der Waals surface area contributed by atoms with Crippen LogP contribution in [0.5, 0.6) is 0 Å². The molecule has 0 amide bonds. The molecule has 1 saturated heterocycles. The van der Waals surface area contributed by atoms with Gasteiger partial charge in [0.15, 0.2) is 0 Å². The Balaban J connectivity index is 2.38. The van der Waals surface area contributed by atoms with Crippen molar-refractivity contribution in [3.63, 3.8) is 0 Å². The Kier molecular flexibility index (Phi) is 2.66. The van der Waals surface area contributed by atoms with Crippen molar-refractivity contribution in [2.24, 2.45) is 0 Å². The second kappa shape index (κ2) is 3.79. The number of benzene rings is 1. The summed E-state index contributed by atoms with van der Waals surface area (Å²) in [7, 11) is 0. The summed E-state index contributed by atoms with van der Waals surface area (Å²) >= 11 is 6.26. The predicted octanol–water partition coefficient (Wildman–Crippen LogP) is 2.66. The quantitative estimate of drug-likeness (QED) is 0.700. The molecule has 0 saturated carbocycles. The van der Waals surface area contributed by atoms with E-state index in [2.05, 4.69) is 5.32 Å². The smallest absolute Gasteiger partial charge is 0.0503 e. The van der Waals surface area contributed by atoms with Gasteiger partial charge >= 0.3 is 0 Å². The molecule has 1 aromatic carbocycles. The van der Waals surface area contributed by atoms with Gasteiger partial charge in [-0.15, -0.1) is 0 Å². The Labute approximate surface area is 89.4 Å². The average molecular weight is 211 g/mol. The summed E-state index contributed by atoms with van der Waals surface area (Å²) in [5.74, 6) is 0. The van der Waals surface area contributed by atoms with E-state index in [0.29, 0.717) is 6.04 Å². The summed E-state index contributed by atoms with van der Waals surface area (Å²) in [6, 6.07) is 4.39. The minimum absolute atomic E-state index is 0.418. The lowest BCUT2D eigenvalue weighted by atomic mass is 10.0. The molecular weight excluding hydrogens is 196 g/mol. The minimum Gasteiger partial charge on any atom is -0.398 e. The molecule has 2 nitrogen and oxygen atoms in total. The molecule has 0 unspecified atom stereocenters. The van der Waals surface area contributed by atoms with Crippen LogP contribution in [0.1, 0.15) is 30.0 Å². The van der Waals surface area contributed by atoms with Crippen LogP contribution in [-0.2, 0) is 0 Å². The summed E-state index contributed by atoms with van der Waals surface area (Å²) in [5, 5.41) is 4.26. The summed E-state index contributed by atoms with van der Waals surface area (Å²) < 4.78 is 0. The zero-order valence-electron chi connectivity index (χ0n) is 8.31. The van der Waals surface area contributed by atoms with Gasteiger partial charge in [-0.3, -0.25) is 0 Å². The monoisotopic (exact) mass is 210 g/mol. The van der Waals surface area contributed by atoms with Crippen molar-refractivity contribution >= 4 is 17.3 Å². The largest absolute Gasteiger partial charge is 0.398 e. The van der Waals surface area contributed by atoms with Crippen LogP contribution in [0.25, 0.3) is 0 Å². The van der Waals surface area contributed by atoms with Gasteiger partial charge in [0.05, 0.1) is 5.02 Å². The lowest BCUT2D eigenvalue weighted by molar-refractivity contribution is 0.647. The summed E-state index contributed by atoms with van der Waals surface area (Å²) in [6.07, 6.45) is 2.40. The summed E-state index contributed by atoms with van der Waals surface area (Å²) in [6.45, 7) is 3.06. The topological polar surface area (TPSA) is 38.0 Å². The second-order valence-electron chi connectivity index (χ2n) is 3.83. The molecule has 76 valence electrons. The first-order valence-electron chi connectivity index (χ1n) is 4.98. The zero-order chi connectivity index (χ0) is 10.1. The van der Waals surface area contributed by atoms with Gasteiger partial charge in [0, 0.05) is 11.7 Å². The highest BCUT2D eigenvalue weighted by atomic mass is 35.5. The number of nitrogens with one attached hydrogen (secondary N) is 1. The van der Waals surface area contributed by atoms with Crippen LogP contribution in [0.2, 0.25) is 5.02 Å². The van der Waals surface area contributed by atoms with Crippen molar-refractivity contribution in [3.8, 4) is 0 Å². The van der Waals surface area contributed by atoms with Gasteiger partial charge in [0.2, 0.25) is 0 Å². The number of hydrogen-bond donors (Lipinski definition) is 2. The summed E-state index contributed by atoms with van der Waals surface area (Å²) in [5.41, 5.74) is 8.75. The normalized spacial score (nSPS) is 21.4. The van der Waals surface area contributed by atoms with Gasteiger partial charge in [-0.25, -0.2) is 0 Å². The SMILES string of the molecule is Cc1c(N)ccc([C@@H]2CCCN2)c1Cl. The molecule has 1 fully saturated rings. The van der Waals surface area contributed by atoms with Gasteiger partial charge in [-0.1, -0.05) is 17.7 Å². The second-order valence-corrected chi connectivity index (χ2v) is 4.21. The van der Waals surface area contributed by atoms with Crippen molar-refractivity contribution in [2.75, 3.05) is 12.3 Å². The van der Waals surface area contributed by atoms with E-state index in [1.54, 1.807) is 0 Å². The van der Waals surface area contributed by atoms with Crippen molar-refractivity contribution in [2.45, 2.75) is 25.8 Å². The number of nitrogen functional groups attached to an aromatic ring is 1. The molecule has 2 rings (SSSR count). The molecule has 3 heteroatoms. The van der Waals surface area contributed by atoms with E-state index in [1.807, 2.05) is 19.1 Å². The molecule has 0 aliphatic carbocycles. The maximum atomic E-state index is 6.26. The molecule has 1 aliphatic heterocycles. The molecule has 14 heavy (non-hydrogen) atoms. The van der Waals surface area contributed by atoms with Gasteiger partial charge in [0.1, 0.15) is 0 Å². The van der Waals surface area contributed by atoms with Crippen LogP contribution in [0, 0.1) is 6.92 Å². The molecule has 0 radical (unpaired) electrons. The van der Waals surface area contributed by atoms with Crippen LogP contribution >= 0.6 is 11.6 Å². The van der Waals surface area contributed by atoms with Crippen LogP contribution < -0.4 is 11.1 Å². The van der Waals surface area contributed by atoms with Crippen LogP contribution in [0.4, 0.5) is 5.69 Å². The summed E-state index contributed by atoms with van der Waals surface area (Å²) in [4.78, 5) is 0. The molecule has 0 spiro atoms. The van der Waals surface area contributed by atoms with Gasteiger partial charge < -0.3 is 11.1 Å². The highest BCUT2D eigenvalue weighted by molar-refractivity contribution is 6.32. The van der Waals surface area contributed by atoms with E-state index in [9.17, 15) is 0 Å². The molecule has 3 N–H and O–H groups in total. The lowest BCUT2D eigenvalue weighted by Gasteiger charge is -2.15. The first-order valence-corrected chi connectivity index (χ1v) is 5.36. The number of halogens is 1. The Hall–Kier alpha value is -0.730. The maximum absolute atomic E-state index is 6.26. The standard InChI is InChI=1S/C11H15ClN2/c1-7-9(13)5-4-8(11(7)12)10-3-2-6-14-10/h4-5,10,14H,2-3,6,13H2,1H3/t10-/m0/s1. The Bertz CT molecular complexity index is 343. The maximum Gasteiger partial charge on any atom is 0.0503 e. The molecule has 1 atom stereocenters. The fourth-order valence-corrected chi connectivity index (χ4v) is 2.24. The number of hydrogen-bond acceptors (Lipinski definition) is 2. The van der Waals surface area contributed by atoms with Crippen molar-refractivity contribution in [1.29, 1.82) is 0 Å². The molecule has 0 bridgehead atoms. The van der Waals surface area contributed by atoms with E-state index in [4.69, 9.17) is 17.3 Å². The minimum atomic E-state index is 0.418. The first-order chi connectivity index (χ1) is 6.70. The first kappa shape index (κ1) is 9.81. The van der Waals surface area contributed by atoms with Crippen LogP contribution in [0.15, 0.2) is 12.1 Å². The average Bonchev–Trinajstić information content (AvgIpc) is 2.67. The third-order valence-electron chi connectivity index (χ3n) is 2.89. The van der Waals surface area contributed by atoms with Gasteiger partial charge in [-0.05, 0) is 43.5 Å². The van der Waals surface area contributed by atoms with Crippen LogP contribution in [0.3, 0.4) is 0 Å². The molecule has 1 aliphatic rings. The molecular formula is C11H15ClN2. The third kappa shape index (κ3) is 1.60. The zero-order valence-corrected chi connectivity index (χ0v) is 9.06. The van der Waals surface area contributed by atoms with Crippen molar-refractivity contribution in [1.82, 2.24) is 5.32 Å². The van der Waals surface area contributed by atoms with E-state index in [-0.39, 0.29) is 0 Å².